The van der Waals surface area contributed by atoms with Gasteiger partial charge in [-0.15, -0.1) is 0 Å². The molecule has 0 amide bonds. The summed E-state index contributed by atoms with van der Waals surface area (Å²) >= 11 is 0. The number of para-hydroxylation sites is 1. The fourth-order valence-corrected chi connectivity index (χ4v) is 2.30. The van der Waals surface area contributed by atoms with Gasteiger partial charge in [0.15, 0.2) is 0 Å². The number of nitrogens with one attached hydrogen (secondary N) is 1. The molecule has 0 radical (unpaired) electrons. The number of carbonyl (C=O) groups is 1. The zero-order valence-corrected chi connectivity index (χ0v) is 10.1. The van der Waals surface area contributed by atoms with Crippen molar-refractivity contribution in [2.75, 3.05) is 20.8 Å². The van der Waals surface area contributed by atoms with Crippen LogP contribution in [0.5, 0.6) is 5.75 Å². The van der Waals surface area contributed by atoms with E-state index in [9.17, 15) is 4.79 Å². The van der Waals surface area contributed by atoms with Gasteiger partial charge >= 0.3 is 5.97 Å². The maximum Gasteiger partial charge on any atom is 0.322 e. The summed E-state index contributed by atoms with van der Waals surface area (Å²) in [7, 11) is 3.08. The van der Waals surface area contributed by atoms with Gasteiger partial charge in [0, 0.05) is 12.5 Å². The second kappa shape index (κ2) is 5.19. The first-order chi connectivity index (χ1) is 8.26. The second-order valence-electron chi connectivity index (χ2n) is 4.16. The molecule has 1 aromatic carbocycles. The smallest absolute Gasteiger partial charge is 0.322 e. The van der Waals surface area contributed by atoms with Gasteiger partial charge in [-0.1, -0.05) is 18.2 Å². The molecule has 1 fully saturated rings. The average Bonchev–Trinajstić information content (AvgIpc) is 2.87. The van der Waals surface area contributed by atoms with Crippen LogP contribution in [0.2, 0.25) is 0 Å². The zero-order chi connectivity index (χ0) is 12.3. The summed E-state index contributed by atoms with van der Waals surface area (Å²) in [4.78, 5) is 11.4. The van der Waals surface area contributed by atoms with Crippen molar-refractivity contribution in [1.82, 2.24) is 5.32 Å². The van der Waals surface area contributed by atoms with Gasteiger partial charge in [-0.2, -0.15) is 0 Å². The highest BCUT2D eigenvalue weighted by molar-refractivity contribution is 5.76. The Morgan fingerprint density at radius 2 is 2.12 bits per heavy atom. The van der Waals surface area contributed by atoms with E-state index in [0.717, 1.165) is 24.3 Å². The van der Waals surface area contributed by atoms with Crippen LogP contribution < -0.4 is 10.1 Å². The van der Waals surface area contributed by atoms with Gasteiger partial charge in [0.05, 0.1) is 14.2 Å². The van der Waals surface area contributed by atoms with Gasteiger partial charge in [-0.05, 0) is 18.1 Å². The lowest BCUT2D eigenvalue weighted by Crippen LogP contribution is -2.31. The van der Waals surface area contributed by atoms with Gasteiger partial charge < -0.3 is 14.8 Å². The Morgan fingerprint density at radius 3 is 2.82 bits per heavy atom. The minimum Gasteiger partial charge on any atom is -0.496 e. The molecule has 0 aromatic heterocycles. The van der Waals surface area contributed by atoms with E-state index in [1.54, 1.807) is 7.11 Å². The van der Waals surface area contributed by atoms with Gasteiger partial charge in [-0.25, -0.2) is 0 Å². The molecule has 0 bridgehead atoms. The lowest BCUT2D eigenvalue weighted by molar-refractivity contribution is -0.142. The third-order valence-corrected chi connectivity index (χ3v) is 3.20. The lowest BCUT2D eigenvalue weighted by atomic mass is 9.95. The lowest BCUT2D eigenvalue weighted by Gasteiger charge is -2.13. The molecule has 1 heterocycles. The third-order valence-electron chi connectivity index (χ3n) is 3.20. The molecule has 1 aromatic rings. The fraction of sp³-hybridized carbons (Fsp3) is 0.462. The Morgan fingerprint density at radius 1 is 1.35 bits per heavy atom. The molecule has 0 spiro atoms. The molecular formula is C13H17NO3. The molecule has 4 nitrogen and oxygen atoms in total. The number of ether oxygens (including phenoxy) is 2. The predicted octanol–water partition coefficient (Wildman–Crippen LogP) is 1.31. The zero-order valence-electron chi connectivity index (χ0n) is 10.1. The van der Waals surface area contributed by atoms with Crippen LogP contribution in [0.25, 0.3) is 0 Å². The number of hydrogen-bond donors (Lipinski definition) is 1. The number of rotatable bonds is 3. The van der Waals surface area contributed by atoms with Crippen molar-refractivity contribution in [1.29, 1.82) is 0 Å². The number of hydrogen-bond acceptors (Lipinski definition) is 4. The summed E-state index contributed by atoms with van der Waals surface area (Å²) in [6.45, 7) is 0.778. The minimum absolute atomic E-state index is 0.192. The Labute approximate surface area is 101 Å². The predicted molar refractivity (Wildman–Crippen MR) is 64.2 cm³/mol. The van der Waals surface area contributed by atoms with Gasteiger partial charge in [0.1, 0.15) is 11.8 Å². The maximum absolute atomic E-state index is 11.4. The van der Waals surface area contributed by atoms with Crippen molar-refractivity contribution in [3.63, 3.8) is 0 Å². The highest BCUT2D eigenvalue weighted by atomic mass is 16.5. The first kappa shape index (κ1) is 11.9. The van der Waals surface area contributed by atoms with Crippen molar-refractivity contribution < 1.29 is 14.3 Å². The summed E-state index contributed by atoms with van der Waals surface area (Å²) < 4.78 is 10.1. The van der Waals surface area contributed by atoms with Crippen LogP contribution in [0, 0.1) is 0 Å². The van der Waals surface area contributed by atoms with Gasteiger partial charge in [0.25, 0.3) is 0 Å². The molecule has 1 aliphatic heterocycles. The molecule has 4 heteroatoms. The number of carbonyl (C=O) groups excluding carboxylic acids is 1. The van der Waals surface area contributed by atoms with Crippen LogP contribution in [-0.4, -0.2) is 32.8 Å². The van der Waals surface area contributed by atoms with Crippen molar-refractivity contribution in [2.45, 2.75) is 18.4 Å². The molecule has 0 aliphatic carbocycles. The SMILES string of the molecule is COC(=O)C1CC(c2ccccc2OC)CN1. The number of benzene rings is 1. The van der Waals surface area contributed by atoms with Crippen molar-refractivity contribution in [3.05, 3.63) is 29.8 Å². The largest absolute Gasteiger partial charge is 0.496 e. The Bertz CT molecular complexity index is 405. The molecular weight excluding hydrogens is 218 g/mol. The van der Waals surface area contributed by atoms with Gasteiger partial charge in [-0.3, -0.25) is 4.79 Å². The normalized spacial score (nSPS) is 23.4. The molecule has 0 saturated carbocycles. The molecule has 17 heavy (non-hydrogen) atoms. The molecule has 2 atom stereocenters. The van der Waals surface area contributed by atoms with E-state index in [4.69, 9.17) is 9.47 Å². The van der Waals surface area contributed by atoms with Crippen LogP contribution in [0.15, 0.2) is 24.3 Å². The average molecular weight is 235 g/mol. The van der Waals surface area contributed by atoms with Gasteiger partial charge in [0.2, 0.25) is 0 Å². The highest BCUT2D eigenvalue weighted by Gasteiger charge is 2.32. The fourth-order valence-electron chi connectivity index (χ4n) is 2.30. The minimum atomic E-state index is -0.199. The quantitative estimate of drug-likeness (QED) is 0.803. The molecule has 2 unspecified atom stereocenters. The second-order valence-corrected chi connectivity index (χ2v) is 4.16. The topological polar surface area (TPSA) is 47.6 Å². The van der Waals surface area contributed by atoms with E-state index in [1.807, 2.05) is 24.3 Å². The third kappa shape index (κ3) is 2.42. The first-order valence-corrected chi connectivity index (χ1v) is 5.70. The molecule has 1 N–H and O–H groups in total. The van der Waals surface area contributed by atoms with Crippen molar-refractivity contribution in [3.8, 4) is 5.75 Å². The van der Waals surface area contributed by atoms with Crippen LogP contribution in [0.3, 0.4) is 0 Å². The van der Waals surface area contributed by atoms with E-state index in [1.165, 1.54) is 7.11 Å². The highest BCUT2D eigenvalue weighted by Crippen LogP contribution is 2.32. The van der Waals surface area contributed by atoms with E-state index < -0.39 is 0 Å². The molecule has 2 rings (SSSR count). The summed E-state index contributed by atoms with van der Waals surface area (Å²) in [5.41, 5.74) is 1.15. The monoisotopic (exact) mass is 235 g/mol. The van der Waals surface area contributed by atoms with Crippen molar-refractivity contribution in [2.24, 2.45) is 0 Å². The Hall–Kier alpha value is -1.55. The Kier molecular flexibility index (Phi) is 3.64. The summed E-state index contributed by atoms with van der Waals surface area (Å²) in [6.07, 6.45) is 0.757. The molecule has 92 valence electrons. The van der Waals surface area contributed by atoms with E-state index in [-0.39, 0.29) is 12.0 Å². The van der Waals surface area contributed by atoms with Crippen LogP contribution in [0.1, 0.15) is 17.9 Å². The van der Waals surface area contributed by atoms with E-state index in [0.29, 0.717) is 5.92 Å². The summed E-state index contributed by atoms with van der Waals surface area (Å²) in [5.74, 6) is 0.988. The first-order valence-electron chi connectivity index (χ1n) is 5.70. The van der Waals surface area contributed by atoms with E-state index in [2.05, 4.69) is 5.32 Å². The van der Waals surface area contributed by atoms with Crippen LogP contribution in [-0.2, 0) is 9.53 Å². The van der Waals surface area contributed by atoms with Crippen molar-refractivity contribution >= 4 is 5.97 Å². The Balaban J connectivity index is 2.12. The maximum atomic E-state index is 11.4. The van der Waals surface area contributed by atoms with Crippen LogP contribution >= 0.6 is 0 Å². The standard InChI is InChI=1S/C13H17NO3/c1-16-12-6-4-3-5-10(12)9-7-11(14-8-9)13(15)17-2/h3-6,9,11,14H,7-8H2,1-2H3. The summed E-state index contributed by atoms with van der Waals surface area (Å²) in [6, 6.07) is 7.73. The number of esters is 1. The number of methoxy groups -OCH3 is 2. The molecule has 1 aliphatic rings. The van der Waals surface area contributed by atoms with Crippen LogP contribution in [0.4, 0.5) is 0 Å². The van der Waals surface area contributed by atoms with E-state index >= 15 is 0 Å². The summed E-state index contributed by atoms with van der Waals surface area (Å²) in [5, 5.41) is 3.18. The molecule has 1 saturated heterocycles.